The smallest absolute Gasteiger partial charge is 0.297 e. The quantitative estimate of drug-likeness (QED) is 0.570. The number of hydrogen-bond acceptors (Lipinski definition) is 9. The molecule has 2 aromatic heterocycles. The normalized spacial score (nSPS) is 27.1. The maximum atomic E-state index is 12.7. The molecule has 0 amide bonds. The van der Waals surface area contributed by atoms with Gasteiger partial charge in [-0.1, -0.05) is 17.7 Å². The lowest BCUT2D eigenvalue weighted by molar-refractivity contribution is -0.198. The second-order valence-electron chi connectivity index (χ2n) is 8.40. The molecule has 2 N–H and O–H groups in total. The molecule has 32 heavy (non-hydrogen) atoms. The number of anilines is 1. The van der Waals surface area contributed by atoms with Gasteiger partial charge < -0.3 is 24.5 Å². The zero-order chi connectivity index (χ0) is 22.7. The van der Waals surface area contributed by atoms with Crippen LogP contribution in [0.1, 0.15) is 25.6 Å². The molecule has 1 aromatic carbocycles. The van der Waals surface area contributed by atoms with Crippen molar-refractivity contribution in [3.8, 4) is 0 Å². The van der Waals surface area contributed by atoms with E-state index in [4.69, 9.17) is 24.1 Å². The van der Waals surface area contributed by atoms with Crippen molar-refractivity contribution in [1.82, 2.24) is 14.5 Å². The Morgan fingerprint density at radius 1 is 1.12 bits per heavy atom. The van der Waals surface area contributed by atoms with E-state index in [2.05, 4.69) is 9.97 Å². The first-order valence-corrected chi connectivity index (χ1v) is 11.6. The van der Waals surface area contributed by atoms with E-state index in [1.54, 1.807) is 42.8 Å². The molecule has 170 valence electrons. The fourth-order valence-electron chi connectivity index (χ4n) is 4.14. The molecule has 0 unspecified atom stereocenters. The summed E-state index contributed by atoms with van der Waals surface area (Å²) >= 11 is 0. The minimum absolute atomic E-state index is 0.0849. The van der Waals surface area contributed by atoms with Crippen LogP contribution in [0.2, 0.25) is 0 Å². The Hall–Kier alpha value is -2.57. The van der Waals surface area contributed by atoms with E-state index < -0.39 is 40.4 Å². The molecule has 4 heterocycles. The third-order valence-electron chi connectivity index (χ3n) is 5.64. The third-order valence-corrected chi connectivity index (χ3v) is 6.93. The van der Waals surface area contributed by atoms with Crippen LogP contribution in [0.3, 0.4) is 0 Å². The Morgan fingerprint density at radius 3 is 2.59 bits per heavy atom. The summed E-state index contributed by atoms with van der Waals surface area (Å²) in [6, 6.07) is 8.26. The Morgan fingerprint density at radius 2 is 1.84 bits per heavy atom. The summed E-state index contributed by atoms with van der Waals surface area (Å²) < 4.78 is 50.8. The predicted octanol–water partition coefficient (Wildman–Crippen LogP) is 2.14. The maximum absolute atomic E-state index is 12.7. The maximum Gasteiger partial charge on any atom is 0.297 e. The van der Waals surface area contributed by atoms with Gasteiger partial charge in [0.05, 0.1) is 16.9 Å². The summed E-state index contributed by atoms with van der Waals surface area (Å²) in [4.78, 5) is 8.42. The summed E-state index contributed by atoms with van der Waals surface area (Å²) in [5, 5.41) is 0.687. The number of rotatable bonds is 5. The molecule has 0 saturated carbocycles. The van der Waals surface area contributed by atoms with Gasteiger partial charge in [0.2, 0.25) is 0 Å². The molecule has 3 aromatic rings. The Bertz CT molecular complexity index is 1260. The number of nitrogen functional groups attached to an aromatic ring is 1. The van der Waals surface area contributed by atoms with Gasteiger partial charge in [-0.3, -0.25) is 4.18 Å². The third kappa shape index (κ3) is 3.65. The molecule has 0 aliphatic carbocycles. The highest BCUT2D eigenvalue weighted by Crippen LogP contribution is 2.44. The van der Waals surface area contributed by atoms with E-state index >= 15 is 0 Å². The highest BCUT2D eigenvalue weighted by molar-refractivity contribution is 7.86. The van der Waals surface area contributed by atoms with Crippen LogP contribution in [0.25, 0.3) is 11.0 Å². The SMILES string of the molecule is Cc1ccc(S(=O)(=O)OC[C@H]2O[C@@H](n3ccc4c(N)ncnc43)[C@@H]3OC(C)(C)O[C@@H]32)cc1. The Kier molecular flexibility index (Phi) is 4.98. The van der Waals surface area contributed by atoms with Crippen molar-refractivity contribution < 1.29 is 26.8 Å². The molecular formula is C21H24N4O6S. The van der Waals surface area contributed by atoms with Crippen molar-refractivity contribution in [2.75, 3.05) is 12.3 Å². The van der Waals surface area contributed by atoms with Gasteiger partial charge in [0.25, 0.3) is 10.1 Å². The highest BCUT2D eigenvalue weighted by Gasteiger charge is 2.56. The number of hydrogen-bond donors (Lipinski definition) is 1. The van der Waals surface area contributed by atoms with E-state index in [1.807, 2.05) is 6.92 Å². The molecule has 10 nitrogen and oxygen atoms in total. The minimum Gasteiger partial charge on any atom is -0.383 e. The molecular weight excluding hydrogens is 436 g/mol. The number of nitrogens with zero attached hydrogens (tertiary/aromatic N) is 3. The fourth-order valence-corrected chi connectivity index (χ4v) is 5.06. The van der Waals surface area contributed by atoms with Gasteiger partial charge in [0, 0.05) is 6.20 Å². The molecule has 2 aliphatic rings. The van der Waals surface area contributed by atoms with Gasteiger partial charge in [-0.2, -0.15) is 8.42 Å². The van der Waals surface area contributed by atoms with Gasteiger partial charge in [-0.25, -0.2) is 9.97 Å². The van der Waals surface area contributed by atoms with Gasteiger partial charge in [-0.05, 0) is 39.0 Å². The average Bonchev–Trinajstić information content (AvgIpc) is 3.38. The largest absolute Gasteiger partial charge is 0.383 e. The van der Waals surface area contributed by atoms with Crippen LogP contribution in [0, 0.1) is 6.92 Å². The summed E-state index contributed by atoms with van der Waals surface area (Å²) in [5.41, 5.74) is 7.50. The molecule has 0 spiro atoms. The Labute approximate surface area is 185 Å². The number of benzene rings is 1. The Balaban J connectivity index is 1.41. The van der Waals surface area contributed by atoms with Gasteiger partial charge in [-0.15, -0.1) is 0 Å². The van der Waals surface area contributed by atoms with Crippen LogP contribution in [0.15, 0.2) is 47.8 Å². The molecule has 0 bridgehead atoms. The van der Waals surface area contributed by atoms with Crippen molar-refractivity contribution in [1.29, 1.82) is 0 Å². The molecule has 0 radical (unpaired) electrons. The van der Waals surface area contributed by atoms with E-state index in [9.17, 15) is 8.42 Å². The molecule has 2 fully saturated rings. The van der Waals surface area contributed by atoms with E-state index in [0.29, 0.717) is 16.9 Å². The number of nitrogens with two attached hydrogens (primary N) is 1. The van der Waals surface area contributed by atoms with Crippen molar-refractivity contribution in [3.05, 3.63) is 48.4 Å². The lowest BCUT2D eigenvalue weighted by Crippen LogP contribution is -2.33. The average molecular weight is 461 g/mol. The lowest BCUT2D eigenvalue weighted by Gasteiger charge is -2.25. The summed E-state index contributed by atoms with van der Waals surface area (Å²) in [6.07, 6.45) is 0.865. The van der Waals surface area contributed by atoms with Crippen LogP contribution in [0.4, 0.5) is 5.82 Å². The van der Waals surface area contributed by atoms with Crippen LogP contribution >= 0.6 is 0 Å². The number of fused-ring (bicyclic) bond motifs is 2. The molecule has 4 atom stereocenters. The fraction of sp³-hybridized carbons (Fsp3) is 0.429. The van der Waals surface area contributed by atoms with Crippen molar-refractivity contribution in [2.45, 2.75) is 56.0 Å². The first-order chi connectivity index (χ1) is 15.1. The zero-order valence-corrected chi connectivity index (χ0v) is 18.7. The van der Waals surface area contributed by atoms with Crippen LogP contribution in [-0.2, 0) is 28.5 Å². The van der Waals surface area contributed by atoms with Crippen molar-refractivity contribution >= 4 is 27.0 Å². The number of aryl methyl sites for hydroxylation is 1. The van der Waals surface area contributed by atoms with Crippen LogP contribution < -0.4 is 5.73 Å². The summed E-state index contributed by atoms with van der Waals surface area (Å²) in [5.74, 6) is -0.501. The molecule has 11 heteroatoms. The topological polar surface area (TPSA) is 128 Å². The van der Waals surface area contributed by atoms with Crippen LogP contribution in [-0.4, -0.2) is 53.7 Å². The first-order valence-electron chi connectivity index (χ1n) is 10.2. The second-order valence-corrected chi connectivity index (χ2v) is 10.0. The first kappa shape index (κ1) is 21.3. The minimum atomic E-state index is -3.95. The van der Waals surface area contributed by atoms with Gasteiger partial charge in [0.1, 0.15) is 36.1 Å². The standard InChI is InChI=1S/C21H24N4O6S/c1-12-4-6-13(7-5-12)32(26,27)28-10-15-16-17(31-21(2,3)30-16)20(29-15)25-9-8-14-18(22)23-11-24-19(14)25/h4-9,11,15-17,20H,10H2,1-3H3,(H2,22,23,24)/t15-,16-,17-,20-/m1/s1. The predicted molar refractivity (Wildman–Crippen MR) is 114 cm³/mol. The van der Waals surface area contributed by atoms with Crippen molar-refractivity contribution in [3.63, 3.8) is 0 Å². The molecule has 2 aliphatic heterocycles. The van der Waals surface area contributed by atoms with Crippen molar-refractivity contribution in [2.24, 2.45) is 0 Å². The monoisotopic (exact) mass is 460 g/mol. The molecule has 5 rings (SSSR count). The van der Waals surface area contributed by atoms with Crippen LogP contribution in [0.5, 0.6) is 0 Å². The van der Waals surface area contributed by atoms with E-state index in [-0.39, 0.29) is 11.5 Å². The van der Waals surface area contributed by atoms with Gasteiger partial charge >= 0.3 is 0 Å². The summed E-state index contributed by atoms with van der Waals surface area (Å²) in [7, 11) is -3.95. The van der Waals surface area contributed by atoms with Gasteiger partial charge in [0.15, 0.2) is 12.0 Å². The number of aromatic nitrogens is 3. The van der Waals surface area contributed by atoms with E-state index in [1.165, 1.54) is 18.5 Å². The lowest BCUT2D eigenvalue weighted by atomic mass is 10.1. The molecule has 2 saturated heterocycles. The zero-order valence-electron chi connectivity index (χ0n) is 17.8. The second kappa shape index (κ2) is 7.49. The number of ether oxygens (including phenoxy) is 3. The summed E-state index contributed by atoms with van der Waals surface area (Å²) in [6.45, 7) is 5.27. The van der Waals surface area contributed by atoms with E-state index in [0.717, 1.165) is 5.56 Å². The highest BCUT2D eigenvalue weighted by atomic mass is 32.2.